The van der Waals surface area contributed by atoms with Crippen LogP contribution in [0.15, 0.2) is 28.7 Å². The fourth-order valence-corrected chi connectivity index (χ4v) is 2.93. The van der Waals surface area contributed by atoms with Crippen LogP contribution in [0.25, 0.3) is 21.9 Å². The molecule has 0 saturated carbocycles. The van der Waals surface area contributed by atoms with E-state index in [-0.39, 0.29) is 11.7 Å². The minimum atomic E-state index is -0.324. The van der Waals surface area contributed by atoms with Crippen LogP contribution in [-0.4, -0.2) is 25.3 Å². The summed E-state index contributed by atoms with van der Waals surface area (Å²) < 4.78 is 21.8. The number of furan rings is 1. The van der Waals surface area contributed by atoms with E-state index in [2.05, 4.69) is 6.92 Å². The van der Waals surface area contributed by atoms with Gasteiger partial charge in [0.2, 0.25) is 0 Å². The Bertz CT molecular complexity index is 941. The second-order valence-corrected chi connectivity index (χ2v) is 6.05. The first kappa shape index (κ1) is 17.9. The topological polar surface area (TPSA) is 78.1 Å². The number of esters is 1. The Morgan fingerprint density at radius 3 is 2.31 bits per heavy atom. The molecule has 1 N–H and O–H groups in total. The molecule has 1 aromatic heterocycles. The summed E-state index contributed by atoms with van der Waals surface area (Å²) in [5.74, 6) is 0.945. The molecule has 3 aromatic rings. The van der Waals surface area contributed by atoms with E-state index in [4.69, 9.17) is 18.6 Å². The van der Waals surface area contributed by atoms with Crippen molar-refractivity contribution in [2.75, 3.05) is 14.2 Å². The molecule has 6 heteroatoms. The maximum atomic E-state index is 12.2. The average molecular weight is 358 g/mol. The van der Waals surface area contributed by atoms with E-state index >= 15 is 0 Å². The van der Waals surface area contributed by atoms with Crippen LogP contribution in [0.2, 0.25) is 0 Å². The van der Waals surface area contributed by atoms with E-state index in [0.29, 0.717) is 45.6 Å². The summed E-state index contributed by atoms with van der Waals surface area (Å²) in [6.07, 6.45) is 3.11. The number of benzene rings is 2. The second-order valence-electron chi connectivity index (χ2n) is 6.05. The van der Waals surface area contributed by atoms with E-state index in [0.717, 1.165) is 19.3 Å². The number of phenols is 1. The van der Waals surface area contributed by atoms with Crippen molar-refractivity contribution >= 4 is 27.9 Å². The van der Waals surface area contributed by atoms with Crippen molar-refractivity contribution in [3.8, 4) is 23.0 Å². The Morgan fingerprint density at radius 1 is 1.00 bits per heavy atom. The average Bonchev–Trinajstić information content (AvgIpc) is 3.00. The number of unbranched alkanes of at least 4 members (excludes halogenated alkanes) is 2. The standard InChI is InChI=1S/C20H22O6/c1-4-5-6-7-18(22)26-17-11-13(24-3)10-16-20(17)19-14(21)8-12(23-2)9-15(19)25-16/h8-11,21H,4-7H2,1-3H3. The lowest BCUT2D eigenvalue weighted by Gasteiger charge is -2.08. The molecule has 3 rings (SSSR count). The van der Waals surface area contributed by atoms with E-state index in [1.807, 2.05) is 0 Å². The molecule has 0 amide bonds. The quantitative estimate of drug-likeness (QED) is 0.371. The molecule has 0 aliphatic carbocycles. The van der Waals surface area contributed by atoms with Gasteiger partial charge in [0.15, 0.2) is 0 Å². The van der Waals surface area contributed by atoms with Crippen molar-refractivity contribution < 1.29 is 28.5 Å². The molecule has 0 saturated heterocycles. The van der Waals surface area contributed by atoms with Gasteiger partial charge in [0.1, 0.15) is 34.2 Å². The zero-order chi connectivity index (χ0) is 18.7. The maximum absolute atomic E-state index is 12.2. The first-order valence-corrected chi connectivity index (χ1v) is 8.59. The fraction of sp³-hybridized carbons (Fsp3) is 0.350. The van der Waals surface area contributed by atoms with Gasteiger partial charge in [-0.2, -0.15) is 0 Å². The fourth-order valence-electron chi connectivity index (χ4n) is 2.93. The van der Waals surface area contributed by atoms with Crippen LogP contribution >= 0.6 is 0 Å². The van der Waals surface area contributed by atoms with Crippen molar-refractivity contribution in [2.45, 2.75) is 32.6 Å². The third kappa shape index (κ3) is 3.40. The highest BCUT2D eigenvalue weighted by molar-refractivity contribution is 6.12. The number of phenolic OH excluding ortho intramolecular Hbond substituents is 1. The van der Waals surface area contributed by atoms with Gasteiger partial charge in [-0.25, -0.2) is 0 Å². The van der Waals surface area contributed by atoms with Crippen LogP contribution in [0.4, 0.5) is 0 Å². The summed E-state index contributed by atoms with van der Waals surface area (Å²) in [4.78, 5) is 12.2. The SMILES string of the molecule is CCCCCC(=O)Oc1cc(OC)cc2oc3cc(OC)cc(O)c3c12. The molecule has 0 unspecified atom stereocenters. The number of fused-ring (bicyclic) bond motifs is 3. The number of rotatable bonds is 7. The molecule has 6 nitrogen and oxygen atoms in total. The van der Waals surface area contributed by atoms with E-state index in [1.54, 1.807) is 18.2 Å². The molecule has 138 valence electrons. The second kappa shape index (κ2) is 7.56. The van der Waals surface area contributed by atoms with Crippen LogP contribution in [0.3, 0.4) is 0 Å². The van der Waals surface area contributed by atoms with Crippen molar-refractivity contribution in [3.63, 3.8) is 0 Å². The molecule has 0 atom stereocenters. The third-order valence-electron chi connectivity index (χ3n) is 4.24. The van der Waals surface area contributed by atoms with Gasteiger partial charge in [-0.15, -0.1) is 0 Å². The number of hydrogen-bond donors (Lipinski definition) is 1. The van der Waals surface area contributed by atoms with Gasteiger partial charge in [0.05, 0.1) is 25.0 Å². The highest BCUT2D eigenvalue weighted by Crippen LogP contribution is 2.44. The molecule has 2 aromatic carbocycles. The van der Waals surface area contributed by atoms with Gasteiger partial charge in [-0.3, -0.25) is 4.79 Å². The van der Waals surface area contributed by atoms with Gasteiger partial charge >= 0.3 is 5.97 Å². The number of hydrogen-bond acceptors (Lipinski definition) is 6. The number of carbonyl (C=O) groups excluding carboxylic acids is 1. The van der Waals surface area contributed by atoms with Crippen molar-refractivity contribution in [2.24, 2.45) is 0 Å². The maximum Gasteiger partial charge on any atom is 0.311 e. The van der Waals surface area contributed by atoms with Gasteiger partial charge in [-0.1, -0.05) is 19.8 Å². The van der Waals surface area contributed by atoms with Crippen molar-refractivity contribution in [1.29, 1.82) is 0 Å². The molecular formula is C20H22O6. The predicted molar refractivity (Wildman–Crippen MR) is 98.3 cm³/mol. The lowest BCUT2D eigenvalue weighted by Crippen LogP contribution is -2.07. The summed E-state index contributed by atoms with van der Waals surface area (Å²) in [5, 5.41) is 11.4. The summed E-state index contributed by atoms with van der Waals surface area (Å²) in [7, 11) is 3.03. The number of methoxy groups -OCH3 is 2. The molecule has 0 aliphatic heterocycles. The highest BCUT2D eigenvalue weighted by Gasteiger charge is 2.20. The van der Waals surface area contributed by atoms with Crippen molar-refractivity contribution in [3.05, 3.63) is 24.3 Å². The number of carbonyl (C=O) groups is 1. The summed E-state index contributed by atoms with van der Waals surface area (Å²) >= 11 is 0. The molecular weight excluding hydrogens is 336 g/mol. The Balaban J connectivity index is 2.11. The molecule has 1 heterocycles. The first-order valence-electron chi connectivity index (χ1n) is 8.59. The van der Waals surface area contributed by atoms with Crippen LogP contribution in [0.5, 0.6) is 23.0 Å². The Morgan fingerprint density at radius 2 is 1.65 bits per heavy atom. The van der Waals surface area contributed by atoms with Crippen LogP contribution < -0.4 is 14.2 Å². The third-order valence-corrected chi connectivity index (χ3v) is 4.24. The van der Waals surface area contributed by atoms with Gasteiger partial charge in [0, 0.05) is 30.7 Å². The summed E-state index contributed by atoms with van der Waals surface area (Å²) in [5.41, 5.74) is 0.896. The smallest absolute Gasteiger partial charge is 0.311 e. The van der Waals surface area contributed by atoms with Crippen LogP contribution in [0.1, 0.15) is 32.6 Å². The summed E-state index contributed by atoms with van der Waals surface area (Å²) in [6.45, 7) is 2.07. The minimum Gasteiger partial charge on any atom is -0.507 e. The van der Waals surface area contributed by atoms with Gasteiger partial charge in [0.25, 0.3) is 0 Å². The van der Waals surface area contributed by atoms with Gasteiger partial charge < -0.3 is 23.7 Å². The molecule has 0 bridgehead atoms. The van der Waals surface area contributed by atoms with Crippen LogP contribution in [0, 0.1) is 0 Å². The lowest BCUT2D eigenvalue weighted by atomic mass is 10.1. The zero-order valence-corrected chi connectivity index (χ0v) is 15.1. The Hall–Kier alpha value is -2.89. The minimum absolute atomic E-state index is 0.00783. The van der Waals surface area contributed by atoms with E-state index < -0.39 is 0 Å². The number of ether oxygens (including phenoxy) is 3. The molecule has 0 spiro atoms. The predicted octanol–water partition coefficient (Wildman–Crippen LogP) is 4.79. The monoisotopic (exact) mass is 358 g/mol. The van der Waals surface area contributed by atoms with E-state index in [1.165, 1.54) is 20.3 Å². The van der Waals surface area contributed by atoms with Gasteiger partial charge in [-0.05, 0) is 6.42 Å². The number of aromatic hydroxyl groups is 1. The largest absolute Gasteiger partial charge is 0.507 e. The molecule has 0 aliphatic rings. The normalized spacial score (nSPS) is 11.0. The summed E-state index contributed by atoms with van der Waals surface area (Å²) in [6, 6.07) is 6.48. The highest BCUT2D eigenvalue weighted by atomic mass is 16.5. The molecule has 0 fully saturated rings. The Kier molecular flexibility index (Phi) is 5.21. The first-order chi connectivity index (χ1) is 12.6. The zero-order valence-electron chi connectivity index (χ0n) is 15.1. The van der Waals surface area contributed by atoms with Crippen molar-refractivity contribution in [1.82, 2.24) is 0 Å². The lowest BCUT2D eigenvalue weighted by molar-refractivity contribution is -0.134. The van der Waals surface area contributed by atoms with E-state index in [9.17, 15) is 9.90 Å². The van der Waals surface area contributed by atoms with Crippen LogP contribution in [-0.2, 0) is 4.79 Å². The molecule has 0 radical (unpaired) electrons. The molecule has 26 heavy (non-hydrogen) atoms. The Labute approximate surface area is 151 Å².